The van der Waals surface area contributed by atoms with Crippen molar-refractivity contribution in [2.75, 3.05) is 31.6 Å². The van der Waals surface area contributed by atoms with Gasteiger partial charge in [-0.25, -0.2) is 9.37 Å². The number of β-amino-alcohol motifs (C(OH)–C–C–N with tert-alkyl or cyclic N) is 1. The summed E-state index contributed by atoms with van der Waals surface area (Å²) in [5.41, 5.74) is 0.295. The predicted octanol–water partition coefficient (Wildman–Crippen LogP) is 2.03. The van der Waals surface area contributed by atoms with Crippen molar-refractivity contribution in [3.63, 3.8) is 0 Å². The van der Waals surface area contributed by atoms with Gasteiger partial charge in [-0.3, -0.25) is 9.78 Å². The van der Waals surface area contributed by atoms with Crippen molar-refractivity contribution in [1.29, 1.82) is 0 Å². The van der Waals surface area contributed by atoms with E-state index in [0.29, 0.717) is 24.3 Å². The molecule has 3 heterocycles. The zero-order valence-corrected chi connectivity index (χ0v) is 15.0. The summed E-state index contributed by atoms with van der Waals surface area (Å²) in [5, 5.41) is 11.0. The molecule has 0 radical (unpaired) electrons. The van der Waals surface area contributed by atoms with Gasteiger partial charge in [-0.1, -0.05) is 0 Å². The van der Waals surface area contributed by atoms with E-state index in [2.05, 4.69) is 9.97 Å². The number of aryl methyl sites for hydroxylation is 1. The maximum atomic E-state index is 13.1. The normalized spacial score (nSPS) is 20.1. The zero-order valence-electron chi connectivity index (χ0n) is 15.0. The van der Waals surface area contributed by atoms with Crippen LogP contribution >= 0.6 is 0 Å². The fourth-order valence-electron chi connectivity index (χ4n) is 3.32. The van der Waals surface area contributed by atoms with Crippen LogP contribution in [0.25, 0.3) is 0 Å². The van der Waals surface area contributed by atoms with Crippen molar-refractivity contribution in [3.8, 4) is 0 Å². The number of likely N-dealkylation sites (N-methyl/N-ethyl adjacent to an activating group) is 1. The Morgan fingerprint density at radius 3 is 2.77 bits per heavy atom. The van der Waals surface area contributed by atoms with Crippen molar-refractivity contribution in [3.05, 3.63) is 53.7 Å². The van der Waals surface area contributed by atoms with Gasteiger partial charge in [-0.2, -0.15) is 0 Å². The Morgan fingerprint density at radius 2 is 2.12 bits per heavy atom. The van der Waals surface area contributed by atoms with Crippen LogP contribution in [0, 0.1) is 12.7 Å². The van der Waals surface area contributed by atoms with Gasteiger partial charge < -0.3 is 14.9 Å². The lowest BCUT2D eigenvalue weighted by Crippen LogP contribution is -2.54. The number of piperidine rings is 1. The number of anilines is 1. The van der Waals surface area contributed by atoms with E-state index in [-0.39, 0.29) is 12.5 Å². The van der Waals surface area contributed by atoms with E-state index in [0.717, 1.165) is 18.7 Å². The first-order chi connectivity index (χ1) is 12.4. The lowest BCUT2D eigenvalue weighted by molar-refractivity contribution is -0.000147. The molecule has 2 aromatic heterocycles. The molecule has 1 amide bonds. The van der Waals surface area contributed by atoms with Gasteiger partial charge in [-0.15, -0.1) is 0 Å². The third-order valence-electron chi connectivity index (χ3n) is 4.63. The molecule has 0 aliphatic carbocycles. The Balaban J connectivity index is 1.68. The van der Waals surface area contributed by atoms with Crippen LogP contribution < -0.4 is 4.90 Å². The molecular formula is C19H23FN4O2. The Bertz CT molecular complexity index is 766. The highest BCUT2D eigenvalue weighted by Gasteiger charge is 2.36. The molecule has 1 aliphatic heterocycles. The van der Waals surface area contributed by atoms with Gasteiger partial charge in [0, 0.05) is 32.0 Å². The first-order valence-electron chi connectivity index (χ1n) is 8.63. The molecule has 3 rings (SSSR count). The van der Waals surface area contributed by atoms with E-state index in [1.807, 2.05) is 11.8 Å². The largest absolute Gasteiger partial charge is 0.386 e. The van der Waals surface area contributed by atoms with Crippen LogP contribution in [0.15, 0.2) is 36.7 Å². The summed E-state index contributed by atoms with van der Waals surface area (Å²) in [6.07, 6.45) is 4.08. The minimum atomic E-state index is -1.04. The van der Waals surface area contributed by atoms with E-state index < -0.39 is 11.4 Å². The zero-order chi connectivity index (χ0) is 18.7. The van der Waals surface area contributed by atoms with Crippen LogP contribution in [-0.2, 0) is 0 Å². The van der Waals surface area contributed by atoms with Gasteiger partial charge >= 0.3 is 0 Å². The van der Waals surface area contributed by atoms with Crippen LogP contribution in [0.3, 0.4) is 0 Å². The number of hydrogen-bond acceptors (Lipinski definition) is 5. The van der Waals surface area contributed by atoms with Crippen LogP contribution in [0.1, 0.15) is 28.9 Å². The minimum absolute atomic E-state index is 0.178. The van der Waals surface area contributed by atoms with Gasteiger partial charge in [0.1, 0.15) is 11.6 Å². The minimum Gasteiger partial charge on any atom is -0.386 e. The van der Waals surface area contributed by atoms with Crippen LogP contribution in [0.2, 0.25) is 0 Å². The van der Waals surface area contributed by atoms with Crippen molar-refractivity contribution in [1.82, 2.24) is 14.9 Å². The first kappa shape index (κ1) is 18.3. The molecule has 0 saturated carbocycles. The highest BCUT2D eigenvalue weighted by atomic mass is 19.1. The molecule has 1 N–H and O–H groups in total. The molecule has 0 spiro atoms. The fraction of sp³-hybridized carbons (Fsp3) is 0.421. The maximum absolute atomic E-state index is 13.1. The molecule has 26 heavy (non-hydrogen) atoms. The second kappa shape index (κ2) is 7.37. The third-order valence-corrected chi connectivity index (χ3v) is 4.63. The highest BCUT2D eigenvalue weighted by Crippen LogP contribution is 2.26. The standard InChI is InChI=1S/C19H23FN4O2/c1-14-4-5-15(10-21-14)18(25)23(2)12-19(26)8-3-9-24(13-19)17-7-6-16(20)11-22-17/h4-7,10-11,26H,3,8-9,12-13H2,1-2H3/t19-/m0/s1. The van der Waals surface area contributed by atoms with E-state index in [4.69, 9.17) is 0 Å². The number of carbonyl (C=O) groups excluding carboxylic acids is 1. The molecule has 0 aromatic carbocycles. The maximum Gasteiger partial charge on any atom is 0.255 e. The summed E-state index contributed by atoms with van der Waals surface area (Å²) in [7, 11) is 1.68. The Kier molecular flexibility index (Phi) is 5.18. The predicted molar refractivity (Wildman–Crippen MR) is 96.5 cm³/mol. The van der Waals surface area contributed by atoms with Gasteiger partial charge in [0.25, 0.3) is 5.91 Å². The van der Waals surface area contributed by atoms with Crippen LogP contribution in [0.5, 0.6) is 0 Å². The van der Waals surface area contributed by atoms with E-state index >= 15 is 0 Å². The average Bonchev–Trinajstić information content (AvgIpc) is 2.62. The smallest absolute Gasteiger partial charge is 0.255 e. The molecule has 1 atom stereocenters. The number of hydrogen-bond donors (Lipinski definition) is 1. The fourth-order valence-corrected chi connectivity index (χ4v) is 3.32. The summed E-state index contributed by atoms with van der Waals surface area (Å²) in [4.78, 5) is 24.3. The first-order valence-corrected chi connectivity index (χ1v) is 8.63. The summed E-state index contributed by atoms with van der Waals surface area (Å²) in [5.74, 6) is 0.0576. The van der Waals surface area contributed by atoms with E-state index in [9.17, 15) is 14.3 Å². The summed E-state index contributed by atoms with van der Waals surface area (Å²) in [6.45, 7) is 3.15. The Morgan fingerprint density at radius 1 is 1.31 bits per heavy atom. The summed E-state index contributed by atoms with van der Waals surface area (Å²) in [6, 6.07) is 6.49. The monoisotopic (exact) mass is 358 g/mol. The van der Waals surface area contributed by atoms with Crippen LogP contribution in [-0.4, -0.2) is 58.2 Å². The number of halogens is 1. The van der Waals surface area contributed by atoms with Gasteiger partial charge in [0.05, 0.1) is 23.9 Å². The second-order valence-electron chi connectivity index (χ2n) is 6.93. The number of nitrogens with zero attached hydrogens (tertiary/aromatic N) is 4. The lowest BCUT2D eigenvalue weighted by atomic mass is 9.92. The summed E-state index contributed by atoms with van der Waals surface area (Å²) >= 11 is 0. The molecule has 1 fully saturated rings. The quantitative estimate of drug-likeness (QED) is 0.906. The molecule has 0 unspecified atom stereocenters. The second-order valence-corrected chi connectivity index (χ2v) is 6.93. The third kappa shape index (κ3) is 4.16. The topological polar surface area (TPSA) is 69.6 Å². The SMILES string of the molecule is Cc1ccc(C(=O)N(C)C[C@@]2(O)CCCN(c3ccc(F)cn3)C2)cn1. The number of carbonyl (C=O) groups is 1. The Hall–Kier alpha value is -2.54. The molecule has 7 heteroatoms. The average molecular weight is 358 g/mol. The van der Waals surface area contributed by atoms with Crippen molar-refractivity contribution < 1.29 is 14.3 Å². The van der Waals surface area contributed by atoms with E-state index in [1.54, 1.807) is 31.4 Å². The molecule has 0 bridgehead atoms. The van der Waals surface area contributed by atoms with Gasteiger partial charge in [0.2, 0.25) is 0 Å². The molecule has 2 aromatic rings. The Labute approximate surface area is 152 Å². The lowest BCUT2D eigenvalue weighted by Gasteiger charge is -2.41. The van der Waals surface area contributed by atoms with Crippen LogP contribution in [0.4, 0.5) is 10.2 Å². The molecular weight excluding hydrogens is 335 g/mol. The van der Waals surface area contributed by atoms with Crippen molar-refractivity contribution in [2.45, 2.75) is 25.4 Å². The number of aliphatic hydroxyl groups is 1. The van der Waals surface area contributed by atoms with Gasteiger partial charge in [-0.05, 0) is 44.0 Å². The number of amides is 1. The number of pyridine rings is 2. The number of aromatic nitrogens is 2. The highest BCUT2D eigenvalue weighted by molar-refractivity contribution is 5.93. The van der Waals surface area contributed by atoms with Gasteiger partial charge in [0.15, 0.2) is 0 Å². The summed E-state index contributed by atoms with van der Waals surface area (Å²) < 4.78 is 13.1. The van der Waals surface area contributed by atoms with Crippen molar-refractivity contribution >= 4 is 11.7 Å². The molecule has 1 aliphatic rings. The molecule has 138 valence electrons. The van der Waals surface area contributed by atoms with E-state index in [1.165, 1.54) is 17.2 Å². The number of rotatable bonds is 4. The molecule has 1 saturated heterocycles. The van der Waals surface area contributed by atoms with Crippen molar-refractivity contribution in [2.24, 2.45) is 0 Å². The molecule has 6 nitrogen and oxygen atoms in total.